The second-order valence-electron chi connectivity index (χ2n) is 5.72. The Morgan fingerprint density at radius 1 is 1.38 bits per heavy atom. The van der Waals surface area contributed by atoms with Gasteiger partial charge in [0.15, 0.2) is 0 Å². The summed E-state index contributed by atoms with van der Waals surface area (Å²) in [4.78, 5) is 35.4. The smallest absolute Gasteiger partial charge is 0.269 e. The van der Waals surface area contributed by atoms with Crippen LogP contribution in [0.4, 0.5) is 11.4 Å². The number of nitro benzene ring substituents is 1. The molecule has 0 saturated carbocycles. The van der Waals surface area contributed by atoms with Gasteiger partial charge in [0.25, 0.3) is 11.6 Å². The van der Waals surface area contributed by atoms with Gasteiger partial charge in [-0.25, -0.2) is 0 Å². The first-order valence-corrected chi connectivity index (χ1v) is 8.18. The SMILES string of the molecule is N#C/C(=C/NCCCN1CCCC1=O)C(=O)Nc1ccc([N+](=O)[O-])cc1. The number of nitriles is 1. The maximum Gasteiger partial charge on any atom is 0.269 e. The fraction of sp³-hybridized carbons (Fsp3) is 0.353. The molecule has 0 radical (unpaired) electrons. The van der Waals surface area contributed by atoms with Crippen LogP contribution in [0, 0.1) is 21.4 Å². The quantitative estimate of drug-likeness (QED) is 0.239. The van der Waals surface area contributed by atoms with Crippen molar-refractivity contribution in [3.05, 3.63) is 46.2 Å². The molecule has 2 amide bonds. The van der Waals surface area contributed by atoms with E-state index in [0.717, 1.165) is 13.0 Å². The Balaban J connectivity index is 1.79. The monoisotopic (exact) mass is 357 g/mol. The second kappa shape index (κ2) is 9.17. The molecule has 9 nitrogen and oxygen atoms in total. The summed E-state index contributed by atoms with van der Waals surface area (Å²) in [6.45, 7) is 1.96. The Morgan fingerprint density at radius 2 is 2.12 bits per heavy atom. The van der Waals surface area contributed by atoms with Crippen LogP contribution in [0.5, 0.6) is 0 Å². The lowest BCUT2D eigenvalue weighted by Crippen LogP contribution is -2.27. The number of rotatable bonds is 8. The van der Waals surface area contributed by atoms with Gasteiger partial charge in [-0.1, -0.05) is 0 Å². The van der Waals surface area contributed by atoms with Crippen LogP contribution in [0.2, 0.25) is 0 Å². The average molecular weight is 357 g/mol. The third-order valence-electron chi connectivity index (χ3n) is 3.87. The van der Waals surface area contributed by atoms with E-state index in [0.29, 0.717) is 31.6 Å². The number of nitrogens with zero attached hydrogens (tertiary/aromatic N) is 3. The highest BCUT2D eigenvalue weighted by Crippen LogP contribution is 2.16. The van der Waals surface area contributed by atoms with Crippen LogP contribution in [0.25, 0.3) is 0 Å². The Morgan fingerprint density at radius 3 is 2.69 bits per heavy atom. The van der Waals surface area contributed by atoms with E-state index in [4.69, 9.17) is 5.26 Å². The third kappa shape index (κ3) is 5.31. The lowest BCUT2D eigenvalue weighted by Gasteiger charge is -2.14. The summed E-state index contributed by atoms with van der Waals surface area (Å²) >= 11 is 0. The maximum atomic E-state index is 12.0. The molecule has 1 saturated heterocycles. The number of benzene rings is 1. The minimum absolute atomic E-state index is 0.0859. The van der Waals surface area contributed by atoms with Crippen molar-refractivity contribution >= 4 is 23.2 Å². The lowest BCUT2D eigenvalue weighted by molar-refractivity contribution is -0.384. The van der Waals surface area contributed by atoms with Crippen molar-refractivity contribution in [2.75, 3.05) is 25.0 Å². The number of likely N-dealkylation sites (tertiary alicyclic amines) is 1. The number of nitrogens with one attached hydrogen (secondary N) is 2. The predicted molar refractivity (Wildman–Crippen MR) is 93.9 cm³/mol. The molecule has 1 aromatic rings. The summed E-state index contributed by atoms with van der Waals surface area (Å²) in [7, 11) is 0. The van der Waals surface area contributed by atoms with Crippen LogP contribution in [0.15, 0.2) is 36.0 Å². The van der Waals surface area contributed by atoms with Gasteiger partial charge in [-0.15, -0.1) is 0 Å². The van der Waals surface area contributed by atoms with E-state index in [1.54, 1.807) is 11.0 Å². The number of anilines is 1. The Bertz CT molecular complexity index is 751. The molecule has 1 aliphatic heterocycles. The first kappa shape index (κ1) is 18.9. The Kier molecular flexibility index (Phi) is 6.68. The molecule has 26 heavy (non-hydrogen) atoms. The Hall–Kier alpha value is -3.41. The third-order valence-corrected chi connectivity index (χ3v) is 3.87. The number of nitro groups is 1. The highest BCUT2D eigenvalue weighted by Gasteiger charge is 2.18. The highest BCUT2D eigenvalue weighted by atomic mass is 16.6. The number of carbonyl (C=O) groups is 2. The molecule has 1 heterocycles. The van der Waals surface area contributed by atoms with Gasteiger partial charge < -0.3 is 15.5 Å². The molecular formula is C17H19N5O4. The predicted octanol–water partition coefficient (Wildman–Crippen LogP) is 1.54. The molecule has 2 N–H and O–H groups in total. The van der Waals surface area contributed by atoms with Crippen molar-refractivity contribution in [3.8, 4) is 6.07 Å². The largest absolute Gasteiger partial charge is 0.390 e. The number of non-ortho nitro benzene ring substituents is 1. The first-order valence-electron chi connectivity index (χ1n) is 8.18. The van der Waals surface area contributed by atoms with Gasteiger partial charge in [0.2, 0.25) is 5.91 Å². The molecule has 1 fully saturated rings. The molecule has 1 aliphatic rings. The second-order valence-corrected chi connectivity index (χ2v) is 5.72. The van der Waals surface area contributed by atoms with E-state index in [9.17, 15) is 19.7 Å². The van der Waals surface area contributed by atoms with Crippen LogP contribution < -0.4 is 10.6 Å². The summed E-state index contributed by atoms with van der Waals surface area (Å²) in [5, 5.41) is 25.1. The van der Waals surface area contributed by atoms with E-state index in [2.05, 4.69) is 10.6 Å². The van der Waals surface area contributed by atoms with Crippen molar-refractivity contribution in [2.45, 2.75) is 19.3 Å². The molecular weight excluding hydrogens is 338 g/mol. The number of hydrogen-bond donors (Lipinski definition) is 2. The zero-order valence-electron chi connectivity index (χ0n) is 14.1. The summed E-state index contributed by atoms with van der Waals surface area (Å²) < 4.78 is 0. The van der Waals surface area contributed by atoms with Crippen molar-refractivity contribution in [2.24, 2.45) is 0 Å². The van der Waals surface area contributed by atoms with Crippen LogP contribution in [0.1, 0.15) is 19.3 Å². The van der Waals surface area contributed by atoms with Crippen molar-refractivity contribution in [1.29, 1.82) is 5.26 Å². The van der Waals surface area contributed by atoms with Crippen molar-refractivity contribution in [3.63, 3.8) is 0 Å². The van der Waals surface area contributed by atoms with Gasteiger partial charge in [-0.3, -0.25) is 19.7 Å². The molecule has 0 spiro atoms. The van der Waals surface area contributed by atoms with Crippen molar-refractivity contribution in [1.82, 2.24) is 10.2 Å². The van der Waals surface area contributed by atoms with Crippen molar-refractivity contribution < 1.29 is 14.5 Å². The lowest BCUT2D eigenvalue weighted by atomic mass is 10.2. The van der Waals surface area contributed by atoms with E-state index < -0.39 is 10.8 Å². The molecule has 0 aliphatic carbocycles. The van der Waals surface area contributed by atoms with Gasteiger partial charge >= 0.3 is 0 Å². The highest BCUT2D eigenvalue weighted by molar-refractivity contribution is 6.06. The minimum atomic E-state index is -0.608. The molecule has 0 unspecified atom stereocenters. The summed E-state index contributed by atoms with van der Waals surface area (Å²) in [5.41, 5.74) is 0.159. The normalized spacial score (nSPS) is 14.0. The number of amides is 2. The van der Waals surface area contributed by atoms with Crippen LogP contribution in [-0.2, 0) is 9.59 Å². The van der Waals surface area contributed by atoms with Crippen LogP contribution in [0.3, 0.4) is 0 Å². The Labute approximate surface area is 150 Å². The van der Waals surface area contributed by atoms with Gasteiger partial charge in [-0.05, 0) is 25.0 Å². The standard InChI is InChI=1S/C17H19N5O4/c18-11-13(12-19-8-2-10-21-9-1-3-16(21)23)17(24)20-14-4-6-15(7-5-14)22(25)26/h4-7,12,19H,1-3,8-10H2,(H,20,24)/b13-12-. The van der Waals surface area contributed by atoms with Gasteiger partial charge in [0.05, 0.1) is 4.92 Å². The average Bonchev–Trinajstić information content (AvgIpc) is 3.03. The zero-order chi connectivity index (χ0) is 18.9. The van der Waals surface area contributed by atoms with Gasteiger partial charge in [0, 0.05) is 50.1 Å². The summed E-state index contributed by atoms with van der Waals surface area (Å²) in [5.74, 6) is -0.440. The van der Waals surface area contributed by atoms with Crippen LogP contribution in [-0.4, -0.2) is 41.3 Å². The molecule has 9 heteroatoms. The van der Waals surface area contributed by atoms with E-state index in [1.807, 2.05) is 0 Å². The minimum Gasteiger partial charge on any atom is -0.390 e. The first-order chi connectivity index (χ1) is 12.5. The fourth-order valence-electron chi connectivity index (χ4n) is 2.50. The fourth-order valence-corrected chi connectivity index (χ4v) is 2.50. The maximum absolute atomic E-state index is 12.0. The molecule has 136 valence electrons. The zero-order valence-corrected chi connectivity index (χ0v) is 14.1. The van der Waals surface area contributed by atoms with E-state index >= 15 is 0 Å². The molecule has 0 aromatic heterocycles. The molecule has 2 rings (SSSR count). The topological polar surface area (TPSA) is 128 Å². The molecule has 1 aromatic carbocycles. The summed E-state index contributed by atoms with van der Waals surface area (Å²) in [6.07, 6.45) is 3.54. The number of carbonyl (C=O) groups excluding carboxylic acids is 2. The number of hydrogen-bond acceptors (Lipinski definition) is 6. The van der Waals surface area contributed by atoms with E-state index in [1.165, 1.54) is 30.5 Å². The van der Waals surface area contributed by atoms with E-state index in [-0.39, 0.29) is 17.2 Å². The van der Waals surface area contributed by atoms with Gasteiger partial charge in [-0.2, -0.15) is 5.26 Å². The molecule has 0 bridgehead atoms. The van der Waals surface area contributed by atoms with Crippen LogP contribution >= 0.6 is 0 Å². The molecule has 0 atom stereocenters. The van der Waals surface area contributed by atoms with Gasteiger partial charge in [0.1, 0.15) is 11.6 Å². The summed E-state index contributed by atoms with van der Waals surface area (Å²) in [6, 6.07) is 7.13.